The Morgan fingerprint density at radius 2 is 1.73 bits per heavy atom. The number of carbonyl (C=O) groups is 2. The highest BCUT2D eigenvalue weighted by Gasteiger charge is 2.24. The Morgan fingerprint density at radius 3 is 2.38 bits per heavy atom. The number of nitrogens with one attached hydrogen (secondary N) is 2. The maximum absolute atomic E-state index is 12.1. The van der Waals surface area contributed by atoms with Gasteiger partial charge in [0, 0.05) is 18.5 Å². The van der Waals surface area contributed by atoms with Gasteiger partial charge in [0.1, 0.15) is 5.75 Å². The Kier molecular flexibility index (Phi) is 8.41. The molecule has 2 N–H and O–H groups in total. The Hall–Kier alpha value is -2.08. The third-order valence-electron chi connectivity index (χ3n) is 4.42. The lowest BCUT2D eigenvalue weighted by atomic mass is 9.90. The highest BCUT2D eigenvalue weighted by atomic mass is 16.5. The Morgan fingerprint density at radius 1 is 1.08 bits per heavy atom. The number of likely N-dealkylation sites (N-methyl/N-ethyl adjacent to an activating group) is 1. The van der Waals surface area contributed by atoms with Crippen molar-refractivity contribution in [2.45, 2.75) is 50.6 Å². The minimum absolute atomic E-state index is 0.0463. The molecular formula is C20H31N3O3. The quantitative estimate of drug-likeness (QED) is 0.660. The lowest BCUT2D eigenvalue weighted by Gasteiger charge is -2.30. The molecule has 0 aliphatic heterocycles. The summed E-state index contributed by atoms with van der Waals surface area (Å²) in [5, 5.41) is 6.18. The van der Waals surface area contributed by atoms with Crippen LogP contribution in [-0.4, -0.2) is 56.0 Å². The summed E-state index contributed by atoms with van der Waals surface area (Å²) in [5.41, 5.74) is 0. The van der Waals surface area contributed by atoms with Crippen LogP contribution in [-0.2, 0) is 9.59 Å². The van der Waals surface area contributed by atoms with E-state index < -0.39 is 0 Å². The molecule has 1 saturated carbocycles. The zero-order valence-corrected chi connectivity index (χ0v) is 15.9. The van der Waals surface area contributed by atoms with E-state index in [1.165, 1.54) is 0 Å². The van der Waals surface area contributed by atoms with E-state index in [4.69, 9.17) is 4.74 Å². The highest BCUT2D eigenvalue weighted by molar-refractivity contribution is 5.78. The van der Waals surface area contributed by atoms with Gasteiger partial charge in [0.05, 0.1) is 13.2 Å². The van der Waals surface area contributed by atoms with Gasteiger partial charge in [-0.1, -0.05) is 18.2 Å². The molecule has 0 unspecified atom stereocenters. The van der Waals surface area contributed by atoms with E-state index in [2.05, 4.69) is 10.6 Å². The molecule has 6 heteroatoms. The predicted molar refractivity (Wildman–Crippen MR) is 102 cm³/mol. The lowest BCUT2D eigenvalue weighted by molar-refractivity contribution is -0.122. The third-order valence-corrected chi connectivity index (χ3v) is 4.42. The Labute approximate surface area is 156 Å². The van der Waals surface area contributed by atoms with Crippen molar-refractivity contribution in [1.29, 1.82) is 0 Å². The van der Waals surface area contributed by atoms with Crippen LogP contribution in [0.5, 0.6) is 5.75 Å². The van der Waals surface area contributed by atoms with E-state index in [0.29, 0.717) is 26.0 Å². The summed E-state index contributed by atoms with van der Waals surface area (Å²) in [6, 6.07) is 9.93. The molecule has 1 aliphatic rings. The number of carbonyl (C=O) groups excluding carboxylic acids is 2. The fourth-order valence-electron chi connectivity index (χ4n) is 3.25. The molecule has 2 amide bonds. The van der Waals surface area contributed by atoms with Crippen LogP contribution < -0.4 is 15.4 Å². The monoisotopic (exact) mass is 361 g/mol. The minimum atomic E-state index is 0.0463. The average molecular weight is 361 g/mol. The molecular weight excluding hydrogens is 330 g/mol. The van der Waals surface area contributed by atoms with Crippen molar-refractivity contribution in [1.82, 2.24) is 15.5 Å². The average Bonchev–Trinajstić information content (AvgIpc) is 2.59. The molecule has 1 fully saturated rings. The molecule has 2 atom stereocenters. The number of nitrogens with zero attached hydrogens (tertiary/aromatic N) is 1. The van der Waals surface area contributed by atoms with Gasteiger partial charge in [-0.15, -0.1) is 0 Å². The zero-order chi connectivity index (χ0) is 18.8. The maximum Gasteiger partial charge on any atom is 0.234 e. The first-order chi connectivity index (χ1) is 12.5. The molecule has 1 aromatic carbocycles. The summed E-state index contributed by atoms with van der Waals surface area (Å²) in [4.78, 5) is 25.9. The van der Waals surface area contributed by atoms with Crippen LogP contribution in [0.1, 0.15) is 38.5 Å². The normalized spacial score (nSPS) is 19.8. The van der Waals surface area contributed by atoms with Gasteiger partial charge in [0.25, 0.3) is 0 Å². The fourth-order valence-corrected chi connectivity index (χ4v) is 3.25. The second-order valence-corrected chi connectivity index (χ2v) is 7.20. The second-order valence-electron chi connectivity index (χ2n) is 7.20. The van der Waals surface area contributed by atoms with Crippen molar-refractivity contribution in [3.8, 4) is 5.75 Å². The first kappa shape index (κ1) is 20.2. The SMILES string of the molecule is CN(C)CC(=O)N[C@@H]1CCC[C@@H](NC(=O)CCCOc2ccccc2)C1. The topological polar surface area (TPSA) is 70.7 Å². The molecule has 0 bridgehead atoms. The maximum atomic E-state index is 12.1. The number of hydrogen-bond acceptors (Lipinski definition) is 4. The van der Waals surface area contributed by atoms with Crippen molar-refractivity contribution >= 4 is 11.8 Å². The Bertz CT molecular complexity index is 563. The van der Waals surface area contributed by atoms with E-state index in [-0.39, 0.29) is 23.9 Å². The number of amides is 2. The number of hydrogen-bond donors (Lipinski definition) is 2. The summed E-state index contributed by atoms with van der Waals surface area (Å²) >= 11 is 0. The van der Waals surface area contributed by atoms with Crippen molar-refractivity contribution in [2.24, 2.45) is 0 Å². The van der Waals surface area contributed by atoms with Crippen LogP contribution in [0, 0.1) is 0 Å². The van der Waals surface area contributed by atoms with Gasteiger partial charge >= 0.3 is 0 Å². The van der Waals surface area contributed by atoms with Gasteiger partial charge < -0.3 is 20.3 Å². The van der Waals surface area contributed by atoms with E-state index >= 15 is 0 Å². The zero-order valence-electron chi connectivity index (χ0n) is 15.9. The molecule has 1 aliphatic carbocycles. The number of benzene rings is 1. The number of rotatable bonds is 9. The highest BCUT2D eigenvalue weighted by Crippen LogP contribution is 2.19. The standard InChI is InChI=1S/C20H31N3O3/c1-23(2)15-20(25)22-17-9-6-8-16(14-17)21-19(24)12-7-13-26-18-10-4-3-5-11-18/h3-5,10-11,16-17H,6-9,12-15H2,1-2H3,(H,21,24)(H,22,25)/t16-,17-/m1/s1. The summed E-state index contributed by atoms with van der Waals surface area (Å²) in [7, 11) is 3.76. The molecule has 26 heavy (non-hydrogen) atoms. The molecule has 0 radical (unpaired) electrons. The summed E-state index contributed by atoms with van der Waals surface area (Å²) < 4.78 is 5.61. The van der Waals surface area contributed by atoms with Crippen molar-refractivity contribution in [2.75, 3.05) is 27.2 Å². The van der Waals surface area contributed by atoms with Crippen molar-refractivity contribution in [3.05, 3.63) is 30.3 Å². The van der Waals surface area contributed by atoms with Crippen LogP contribution in [0.3, 0.4) is 0 Å². The molecule has 1 aromatic rings. The van der Waals surface area contributed by atoms with E-state index in [1.807, 2.05) is 49.3 Å². The molecule has 6 nitrogen and oxygen atoms in total. The van der Waals surface area contributed by atoms with Gasteiger partial charge in [-0.2, -0.15) is 0 Å². The third kappa shape index (κ3) is 7.87. The molecule has 2 rings (SSSR count). The van der Waals surface area contributed by atoms with Crippen molar-refractivity contribution in [3.63, 3.8) is 0 Å². The minimum Gasteiger partial charge on any atom is -0.494 e. The largest absolute Gasteiger partial charge is 0.494 e. The van der Waals surface area contributed by atoms with Crippen LogP contribution >= 0.6 is 0 Å². The predicted octanol–water partition coefficient (Wildman–Crippen LogP) is 1.95. The van der Waals surface area contributed by atoms with Gasteiger partial charge in [-0.3, -0.25) is 9.59 Å². The molecule has 0 spiro atoms. The second kappa shape index (κ2) is 10.8. The summed E-state index contributed by atoms with van der Waals surface area (Å²) in [5.74, 6) is 0.938. The number of ether oxygens (including phenoxy) is 1. The van der Waals surface area contributed by atoms with Crippen LogP contribution in [0.25, 0.3) is 0 Å². The molecule has 0 aromatic heterocycles. The molecule has 144 valence electrons. The van der Waals surface area contributed by atoms with Crippen LogP contribution in [0.4, 0.5) is 0 Å². The Balaban J connectivity index is 1.62. The molecule has 0 saturated heterocycles. The smallest absolute Gasteiger partial charge is 0.234 e. The fraction of sp³-hybridized carbons (Fsp3) is 0.600. The van der Waals surface area contributed by atoms with E-state index in [1.54, 1.807) is 0 Å². The van der Waals surface area contributed by atoms with Crippen molar-refractivity contribution < 1.29 is 14.3 Å². The number of para-hydroxylation sites is 1. The van der Waals surface area contributed by atoms with Gasteiger partial charge in [0.15, 0.2) is 0 Å². The lowest BCUT2D eigenvalue weighted by Crippen LogP contribution is -2.47. The summed E-state index contributed by atoms with van der Waals surface area (Å²) in [6.07, 6.45) is 4.95. The van der Waals surface area contributed by atoms with E-state index in [9.17, 15) is 9.59 Å². The van der Waals surface area contributed by atoms with E-state index in [0.717, 1.165) is 31.4 Å². The van der Waals surface area contributed by atoms with Crippen LogP contribution in [0.15, 0.2) is 30.3 Å². The van der Waals surface area contributed by atoms with Gasteiger partial charge in [-0.25, -0.2) is 0 Å². The van der Waals surface area contributed by atoms with Crippen LogP contribution in [0.2, 0.25) is 0 Å². The summed E-state index contributed by atoms with van der Waals surface area (Å²) in [6.45, 7) is 0.931. The van der Waals surface area contributed by atoms with Gasteiger partial charge in [0.2, 0.25) is 11.8 Å². The first-order valence-corrected chi connectivity index (χ1v) is 9.44. The van der Waals surface area contributed by atoms with Gasteiger partial charge in [-0.05, 0) is 58.3 Å². The molecule has 0 heterocycles. The first-order valence-electron chi connectivity index (χ1n) is 9.44.